The molecule has 1 aliphatic carbocycles. The van der Waals surface area contributed by atoms with E-state index in [1.54, 1.807) is 0 Å². The molecule has 0 spiro atoms. The van der Waals surface area contributed by atoms with Crippen LogP contribution in [0.4, 0.5) is 0 Å². The highest BCUT2D eigenvalue weighted by Gasteiger charge is 2.39. The van der Waals surface area contributed by atoms with Crippen LogP contribution in [0.3, 0.4) is 0 Å². The topological polar surface area (TPSA) is 66.8 Å². The van der Waals surface area contributed by atoms with E-state index in [1.807, 2.05) is 29.2 Å². The first-order chi connectivity index (χ1) is 11.6. The molecule has 130 valence electrons. The van der Waals surface area contributed by atoms with Gasteiger partial charge < -0.3 is 14.7 Å². The van der Waals surface area contributed by atoms with E-state index in [9.17, 15) is 9.59 Å². The standard InChI is InChI=1S/C18H22ClNO4/c19-14-8-4-1-5-12(14)11-20(13-6-2-3-7-13)17(21)15-9-10-16(24-15)18(22)23/h1,4-5,8,13,15-16H,2-3,6-7,9-11H2,(H,22,23)/t15-,16+/m0/s1. The van der Waals surface area contributed by atoms with Gasteiger partial charge in [-0.2, -0.15) is 0 Å². The summed E-state index contributed by atoms with van der Waals surface area (Å²) < 4.78 is 5.47. The third-order valence-electron chi connectivity index (χ3n) is 4.92. The second-order valence-electron chi connectivity index (χ2n) is 6.52. The molecule has 6 heteroatoms. The Labute approximate surface area is 146 Å². The zero-order chi connectivity index (χ0) is 17.1. The highest BCUT2D eigenvalue weighted by molar-refractivity contribution is 6.31. The fraction of sp³-hybridized carbons (Fsp3) is 0.556. The number of carbonyl (C=O) groups excluding carboxylic acids is 1. The maximum absolute atomic E-state index is 13.0. The first-order valence-corrected chi connectivity index (χ1v) is 8.86. The van der Waals surface area contributed by atoms with E-state index in [1.165, 1.54) is 0 Å². The molecule has 2 aliphatic rings. The van der Waals surface area contributed by atoms with Crippen LogP contribution in [0.15, 0.2) is 24.3 Å². The van der Waals surface area contributed by atoms with Crippen molar-refractivity contribution in [1.82, 2.24) is 4.90 Å². The van der Waals surface area contributed by atoms with Gasteiger partial charge in [0.2, 0.25) is 0 Å². The second kappa shape index (κ2) is 7.53. The predicted octanol–water partition coefficient (Wildman–Crippen LogP) is 3.24. The van der Waals surface area contributed by atoms with E-state index in [0.29, 0.717) is 24.4 Å². The van der Waals surface area contributed by atoms with Crippen molar-refractivity contribution in [3.8, 4) is 0 Å². The smallest absolute Gasteiger partial charge is 0.332 e. The van der Waals surface area contributed by atoms with Gasteiger partial charge in [-0.05, 0) is 37.3 Å². The molecule has 0 radical (unpaired) electrons. The average molecular weight is 352 g/mol. The van der Waals surface area contributed by atoms with Crippen LogP contribution in [0.2, 0.25) is 5.02 Å². The second-order valence-corrected chi connectivity index (χ2v) is 6.93. The number of halogens is 1. The number of nitrogens with zero attached hydrogens (tertiary/aromatic N) is 1. The molecule has 2 atom stereocenters. The number of ether oxygens (including phenoxy) is 1. The van der Waals surface area contributed by atoms with Gasteiger partial charge in [-0.25, -0.2) is 4.79 Å². The maximum Gasteiger partial charge on any atom is 0.332 e. The summed E-state index contributed by atoms with van der Waals surface area (Å²) in [6.07, 6.45) is 3.49. The lowest BCUT2D eigenvalue weighted by molar-refractivity contribution is -0.156. The third kappa shape index (κ3) is 3.73. The van der Waals surface area contributed by atoms with E-state index in [-0.39, 0.29) is 11.9 Å². The predicted molar refractivity (Wildman–Crippen MR) is 89.8 cm³/mol. The monoisotopic (exact) mass is 351 g/mol. The van der Waals surface area contributed by atoms with Crippen molar-refractivity contribution in [3.05, 3.63) is 34.9 Å². The van der Waals surface area contributed by atoms with Crippen LogP contribution in [0.1, 0.15) is 44.1 Å². The number of aliphatic carboxylic acids is 1. The SMILES string of the molecule is O=C(O)[C@H]1CC[C@@H](C(=O)N(Cc2ccccc2Cl)C2CCCC2)O1. The molecule has 2 fully saturated rings. The van der Waals surface area contributed by atoms with E-state index in [0.717, 1.165) is 31.2 Å². The molecule has 0 aromatic heterocycles. The number of rotatable bonds is 5. The van der Waals surface area contributed by atoms with Gasteiger partial charge >= 0.3 is 5.97 Å². The molecule has 1 aromatic carbocycles. The molecule has 1 saturated carbocycles. The molecule has 1 aromatic rings. The van der Waals surface area contributed by atoms with Gasteiger partial charge in [0, 0.05) is 17.6 Å². The van der Waals surface area contributed by atoms with Crippen molar-refractivity contribution in [2.24, 2.45) is 0 Å². The van der Waals surface area contributed by atoms with Gasteiger partial charge in [0.1, 0.15) is 6.10 Å². The summed E-state index contributed by atoms with van der Waals surface area (Å²) >= 11 is 6.26. The van der Waals surface area contributed by atoms with Crippen LogP contribution in [-0.4, -0.2) is 40.1 Å². The molecule has 24 heavy (non-hydrogen) atoms. The minimum absolute atomic E-state index is 0.106. The van der Waals surface area contributed by atoms with E-state index < -0.39 is 18.2 Å². The molecule has 5 nitrogen and oxygen atoms in total. The molecule has 0 bridgehead atoms. The highest BCUT2D eigenvalue weighted by atomic mass is 35.5. The molecule has 0 unspecified atom stereocenters. The van der Waals surface area contributed by atoms with Gasteiger partial charge in [0.25, 0.3) is 5.91 Å². The Balaban J connectivity index is 1.76. The average Bonchev–Trinajstić information content (AvgIpc) is 3.25. The van der Waals surface area contributed by atoms with Crippen molar-refractivity contribution in [1.29, 1.82) is 0 Å². The zero-order valence-electron chi connectivity index (χ0n) is 13.5. The fourth-order valence-electron chi connectivity index (χ4n) is 3.60. The van der Waals surface area contributed by atoms with E-state index in [2.05, 4.69) is 0 Å². The van der Waals surface area contributed by atoms with Crippen LogP contribution < -0.4 is 0 Å². The first-order valence-electron chi connectivity index (χ1n) is 8.48. The molecule has 3 rings (SSSR count). The van der Waals surface area contributed by atoms with Crippen molar-refractivity contribution in [2.45, 2.75) is 63.3 Å². The molecular weight excluding hydrogens is 330 g/mol. The summed E-state index contributed by atoms with van der Waals surface area (Å²) in [6, 6.07) is 7.70. The fourth-order valence-corrected chi connectivity index (χ4v) is 3.79. The number of benzene rings is 1. The molecule has 1 amide bonds. The number of hydrogen-bond acceptors (Lipinski definition) is 3. The number of carbonyl (C=O) groups is 2. The van der Waals surface area contributed by atoms with Crippen molar-refractivity contribution >= 4 is 23.5 Å². The van der Waals surface area contributed by atoms with Crippen LogP contribution in [0.5, 0.6) is 0 Å². The van der Waals surface area contributed by atoms with Gasteiger partial charge in [-0.15, -0.1) is 0 Å². The minimum atomic E-state index is -0.996. The van der Waals surface area contributed by atoms with Gasteiger partial charge in [0.05, 0.1) is 0 Å². The van der Waals surface area contributed by atoms with Gasteiger partial charge in [0.15, 0.2) is 6.10 Å². The quantitative estimate of drug-likeness (QED) is 0.884. The number of hydrogen-bond donors (Lipinski definition) is 1. The van der Waals surface area contributed by atoms with E-state index in [4.69, 9.17) is 21.4 Å². The Morgan fingerprint density at radius 1 is 1.12 bits per heavy atom. The lowest BCUT2D eigenvalue weighted by Gasteiger charge is -2.31. The lowest BCUT2D eigenvalue weighted by Crippen LogP contribution is -2.44. The Morgan fingerprint density at radius 2 is 1.79 bits per heavy atom. The van der Waals surface area contributed by atoms with Gasteiger partial charge in [-0.3, -0.25) is 4.79 Å². The minimum Gasteiger partial charge on any atom is -0.479 e. The molecule has 1 N–H and O–H groups in total. The lowest BCUT2D eigenvalue weighted by atomic mass is 10.1. The Bertz CT molecular complexity index is 615. The number of carboxylic acid groups (broad SMARTS) is 1. The normalized spacial score (nSPS) is 24.2. The summed E-state index contributed by atoms with van der Waals surface area (Å²) in [5.41, 5.74) is 0.909. The Kier molecular flexibility index (Phi) is 5.41. The largest absolute Gasteiger partial charge is 0.479 e. The summed E-state index contributed by atoms with van der Waals surface area (Å²) in [6.45, 7) is 0.445. The summed E-state index contributed by atoms with van der Waals surface area (Å²) in [5.74, 6) is -1.10. The molecule has 1 heterocycles. The van der Waals surface area contributed by atoms with Crippen molar-refractivity contribution in [2.75, 3.05) is 0 Å². The van der Waals surface area contributed by atoms with Crippen LogP contribution in [0.25, 0.3) is 0 Å². The zero-order valence-corrected chi connectivity index (χ0v) is 14.2. The number of carboxylic acids is 1. The maximum atomic E-state index is 13.0. The van der Waals surface area contributed by atoms with E-state index >= 15 is 0 Å². The van der Waals surface area contributed by atoms with Crippen LogP contribution in [0, 0.1) is 0 Å². The number of amides is 1. The Morgan fingerprint density at radius 3 is 2.42 bits per heavy atom. The molecular formula is C18H22ClNO4. The Hall–Kier alpha value is -1.59. The molecule has 1 aliphatic heterocycles. The van der Waals surface area contributed by atoms with Crippen molar-refractivity contribution < 1.29 is 19.4 Å². The third-order valence-corrected chi connectivity index (χ3v) is 5.29. The highest BCUT2D eigenvalue weighted by Crippen LogP contribution is 2.30. The summed E-state index contributed by atoms with van der Waals surface area (Å²) in [7, 11) is 0. The van der Waals surface area contributed by atoms with Crippen molar-refractivity contribution in [3.63, 3.8) is 0 Å². The summed E-state index contributed by atoms with van der Waals surface area (Å²) in [5, 5.41) is 9.71. The van der Waals surface area contributed by atoms with Gasteiger partial charge in [-0.1, -0.05) is 42.6 Å². The summed E-state index contributed by atoms with van der Waals surface area (Å²) in [4.78, 5) is 25.9. The van der Waals surface area contributed by atoms with Crippen LogP contribution in [-0.2, 0) is 20.9 Å². The molecule has 1 saturated heterocycles. The van der Waals surface area contributed by atoms with Crippen LogP contribution >= 0.6 is 11.6 Å². The first kappa shape index (κ1) is 17.2.